The molecule has 1 amide bonds. The summed E-state index contributed by atoms with van der Waals surface area (Å²) in [6.07, 6.45) is 10.4. The number of nitrogens with zero attached hydrogens (tertiary/aromatic N) is 3. The zero-order valence-corrected chi connectivity index (χ0v) is 7.79. The van der Waals surface area contributed by atoms with Crippen molar-refractivity contribution in [2.24, 2.45) is 5.73 Å². The number of nitrogens with one attached hydrogen (secondary N) is 1. The molecule has 3 N–H and O–H groups in total. The summed E-state index contributed by atoms with van der Waals surface area (Å²) in [6, 6.07) is 0. The van der Waals surface area contributed by atoms with Crippen molar-refractivity contribution in [2.75, 3.05) is 0 Å². The molecule has 0 unspecified atom stereocenters. The number of rotatable bonds is 2. The van der Waals surface area contributed by atoms with E-state index in [-0.39, 0.29) is 5.82 Å². The second-order valence-electron chi connectivity index (χ2n) is 2.83. The van der Waals surface area contributed by atoms with Crippen molar-refractivity contribution >= 4 is 11.6 Å². The minimum Gasteiger partial charge on any atom is -0.368 e. The maximum Gasteiger partial charge on any atom is 0.288 e. The number of amides is 1. The quantitative estimate of drug-likeness (QED) is 0.699. The Balaban J connectivity index is 2.33. The summed E-state index contributed by atoms with van der Waals surface area (Å²) in [6.45, 7) is 0. The van der Waals surface area contributed by atoms with Gasteiger partial charge in [-0.1, -0.05) is 0 Å². The first-order valence-corrected chi connectivity index (χ1v) is 4.28. The van der Waals surface area contributed by atoms with Crippen LogP contribution in [0.25, 0.3) is 5.70 Å². The predicted octanol–water partition coefficient (Wildman–Crippen LogP) is -0.152. The Labute approximate surface area is 85.8 Å². The third kappa shape index (κ3) is 1.93. The molecule has 6 heteroatoms. The van der Waals surface area contributed by atoms with Gasteiger partial charge in [0.25, 0.3) is 5.91 Å². The van der Waals surface area contributed by atoms with Gasteiger partial charge in [0.2, 0.25) is 5.82 Å². The lowest BCUT2D eigenvalue weighted by Crippen LogP contribution is -2.13. The molecule has 1 aromatic rings. The molecule has 0 atom stereocenters. The van der Waals surface area contributed by atoms with Crippen LogP contribution in [0.2, 0.25) is 0 Å². The van der Waals surface area contributed by atoms with Gasteiger partial charge in [-0.15, -0.1) is 5.10 Å². The van der Waals surface area contributed by atoms with Crippen LogP contribution in [-0.2, 0) is 0 Å². The number of primary amides is 1. The van der Waals surface area contributed by atoms with Crippen molar-refractivity contribution in [3.8, 4) is 0 Å². The lowest BCUT2D eigenvalue weighted by Gasteiger charge is -1.97. The molecule has 0 bridgehead atoms. The highest BCUT2D eigenvalue weighted by Crippen LogP contribution is 2.06. The third-order valence-electron chi connectivity index (χ3n) is 1.79. The molecule has 0 aromatic carbocycles. The average Bonchev–Trinajstić information content (AvgIpc) is 2.55. The number of hydrogen-bond acceptors (Lipinski definition) is 4. The second kappa shape index (κ2) is 3.79. The van der Waals surface area contributed by atoms with Gasteiger partial charge < -0.3 is 11.1 Å². The fourth-order valence-electron chi connectivity index (χ4n) is 1.10. The molecule has 0 spiro atoms. The van der Waals surface area contributed by atoms with Crippen LogP contribution in [0.4, 0.5) is 0 Å². The smallest absolute Gasteiger partial charge is 0.288 e. The van der Waals surface area contributed by atoms with Crippen molar-refractivity contribution in [2.45, 2.75) is 0 Å². The van der Waals surface area contributed by atoms with E-state index >= 15 is 0 Å². The normalized spacial score (nSPS) is 14.3. The molecule has 0 saturated carbocycles. The molecule has 0 aliphatic carbocycles. The van der Waals surface area contributed by atoms with Gasteiger partial charge in [0.15, 0.2) is 0 Å². The van der Waals surface area contributed by atoms with Crippen LogP contribution in [0, 0.1) is 0 Å². The van der Waals surface area contributed by atoms with Crippen LogP contribution < -0.4 is 11.1 Å². The molecule has 2 heterocycles. The maximum atomic E-state index is 10.8. The monoisotopic (exact) mass is 203 g/mol. The van der Waals surface area contributed by atoms with Crippen molar-refractivity contribution < 1.29 is 4.79 Å². The van der Waals surface area contributed by atoms with Crippen molar-refractivity contribution in [1.82, 2.24) is 20.1 Å². The lowest BCUT2D eigenvalue weighted by molar-refractivity contribution is 0.0990. The van der Waals surface area contributed by atoms with Crippen molar-refractivity contribution in [3.63, 3.8) is 0 Å². The van der Waals surface area contributed by atoms with E-state index in [9.17, 15) is 4.79 Å². The second-order valence-corrected chi connectivity index (χ2v) is 2.83. The summed E-state index contributed by atoms with van der Waals surface area (Å²) in [5.41, 5.74) is 5.83. The summed E-state index contributed by atoms with van der Waals surface area (Å²) < 4.78 is 1.48. The zero-order chi connectivity index (χ0) is 10.7. The van der Waals surface area contributed by atoms with E-state index in [0.717, 1.165) is 5.70 Å². The van der Waals surface area contributed by atoms with Gasteiger partial charge in [0.1, 0.15) is 6.33 Å². The van der Waals surface area contributed by atoms with E-state index in [4.69, 9.17) is 5.73 Å². The Morgan fingerprint density at radius 3 is 3.07 bits per heavy atom. The first-order chi connectivity index (χ1) is 7.27. The molecule has 0 fully saturated rings. The number of carbonyl (C=O) groups excluding carboxylic acids is 1. The highest BCUT2D eigenvalue weighted by molar-refractivity contribution is 5.88. The molecule has 0 saturated heterocycles. The third-order valence-corrected chi connectivity index (χ3v) is 1.79. The van der Waals surface area contributed by atoms with Crippen LogP contribution in [-0.4, -0.2) is 20.7 Å². The SMILES string of the molecule is NC(=O)c1ncn(C2=CC=CNC=C2)n1. The number of nitrogens with two attached hydrogens (primary N) is 1. The van der Waals surface area contributed by atoms with Crippen LogP contribution in [0.5, 0.6) is 0 Å². The first kappa shape index (κ1) is 9.20. The Morgan fingerprint density at radius 2 is 2.33 bits per heavy atom. The fourth-order valence-corrected chi connectivity index (χ4v) is 1.10. The summed E-state index contributed by atoms with van der Waals surface area (Å²) >= 11 is 0. The first-order valence-electron chi connectivity index (χ1n) is 4.28. The fraction of sp³-hybridized carbons (Fsp3) is 0. The van der Waals surface area contributed by atoms with Crippen LogP contribution in [0.1, 0.15) is 10.6 Å². The predicted molar refractivity (Wildman–Crippen MR) is 54.2 cm³/mol. The number of carbonyl (C=O) groups is 1. The minimum atomic E-state index is -0.638. The van der Waals surface area contributed by atoms with E-state index in [0.29, 0.717) is 0 Å². The number of aromatic nitrogens is 3. The number of allylic oxidation sites excluding steroid dienone is 4. The maximum absolute atomic E-state index is 10.8. The van der Waals surface area contributed by atoms with Gasteiger partial charge in [0.05, 0.1) is 5.70 Å². The van der Waals surface area contributed by atoms with Gasteiger partial charge in [0, 0.05) is 12.4 Å². The summed E-state index contributed by atoms with van der Waals surface area (Å²) in [5, 5.41) is 6.84. The molecular formula is C9H9N5O. The summed E-state index contributed by atoms with van der Waals surface area (Å²) in [4.78, 5) is 14.6. The van der Waals surface area contributed by atoms with Gasteiger partial charge in [-0.25, -0.2) is 9.67 Å². The minimum absolute atomic E-state index is 0.00508. The van der Waals surface area contributed by atoms with Crippen LogP contribution in [0.15, 0.2) is 37.0 Å². The highest BCUT2D eigenvalue weighted by atomic mass is 16.1. The molecule has 0 radical (unpaired) electrons. The highest BCUT2D eigenvalue weighted by Gasteiger charge is 2.07. The van der Waals surface area contributed by atoms with E-state index < -0.39 is 5.91 Å². The van der Waals surface area contributed by atoms with Crippen LogP contribution >= 0.6 is 0 Å². The van der Waals surface area contributed by atoms with Gasteiger partial charge in [-0.2, -0.15) is 0 Å². The van der Waals surface area contributed by atoms with E-state index in [2.05, 4.69) is 15.4 Å². The van der Waals surface area contributed by atoms with Gasteiger partial charge >= 0.3 is 0 Å². The van der Waals surface area contributed by atoms with Crippen LogP contribution in [0.3, 0.4) is 0 Å². The lowest BCUT2D eigenvalue weighted by atomic mass is 10.4. The van der Waals surface area contributed by atoms with Gasteiger partial charge in [-0.3, -0.25) is 4.79 Å². The molecule has 2 rings (SSSR count). The summed E-state index contributed by atoms with van der Waals surface area (Å²) in [5.74, 6) is -0.633. The average molecular weight is 203 g/mol. The van der Waals surface area contributed by atoms with Crippen molar-refractivity contribution in [3.05, 3.63) is 42.8 Å². The Kier molecular flexibility index (Phi) is 2.32. The molecule has 1 aliphatic rings. The van der Waals surface area contributed by atoms with Gasteiger partial charge in [-0.05, 0) is 18.2 Å². The molecule has 76 valence electrons. The molecule has 6 nitrogen and oxygen atoms in total. The molecular weight excluding hydrogens is 194 g/mol. The van der Waals surface area contributed by atoms with E-state index in [1.54, 1.807) is 18.5 Å². The Morgan fingerprint density at radius 1 is 1.47 bits per heavy atom. The molecule has 15 heavy (non-hydrogen) atoms. The summed E-state index contributed by atoms with van der Waals surface area (Å²) in [7, 11) is 0. The standard InChI is InChI=1S/C9H9N5O/c10-8(15)9-12-6-14(13-9)7-2-1-4-11-5-3-7/h1-6,11H,(H2,10,15). The van der Waals surface area contributed by atoms with E-state index in [1.165, 1.54) is 11.0 Å². The zero-order valence-electron chi connectivity index (χ0n) is 7.79. The largest absolute Gasteiger partial charge is 0.368 e. The Bertz CT molecular complexity index is 469. The number of hydrogen-bond donors (Lipinski definition) is 2. The van der Waals surface area contributed by atoms with E-state index in [1.807, 2.05) is 12.2 Å². The molecule has 1 aliphatic heterocycles. The topological polar surface area (TPSA) is 85.8 Å². The van der Waals surface area contributed by atoms with Crippen molar-refractivity contribution in [1.29, 1.82) is 0 Å². The molecule has 1 aromatic heterocycles. The Hall–Kier alpha value is -2.37.